The minimum atomic E-state index is -1.67. The van der Waals surface area contributed by atoms with Crippen LogP contribution < -0.4 is 9.80 Å². The van der Waals surface area contributed by atoms with Crippen molar-refractivity contribution in [3.8, 4) is 0 Å². The van der Waals surface area contributed by atoms with Gasteiger partial charge in [-0.3, -0.25) is 0 Å². The summed E-state index contributed by atoms with van der Waals surface area (Å²) in [5.41, 5.74) is 14.3. The molecule has 3 aliphatic carbocycles. The molecule has 0 saturated heterocycles. The summed E-state index contributed by atoms with van der Waals surface area (Å²) >= 11 is -1.67. The Morgan fingerprint density at radius 2 is 0.922 bits per heavy atom. The molecule has 1 heterocycles. The number of benzene rings is 2. The van der Waals surface area contributed by atoms with E-state index in [1.807, 2.05) is 6.08 Å². The van der Waals surface area contributed by atoms with Gasteiger partial charge >= 0.3 is 69.4 Å². The zero-order chi connectivity index (χ0) is 37.1. The number of rotatable bonds is 5. The molecule has 4 aliphatic rings. The molecule has 0 bridgehead atoms. The van der Waals surface area contributed by atoms with E-state index in [0.29, 0.717) is 0 Å². The van der Waals surface area contributed by atoms with Crippen molar-refractivity contribution in [2.24, 2.45) is 5.41 Å². The number of anilines is 2. The summed E-state index contributed by atoms with van der Waals surface area (Å²) in [4.78, 5) is 4.45. The number of aryl methyl sites for hydroxylation is 6. The fourth-order valence-electron chi connectivity index (χ4n) is 9.28. The van der Waals surface area contributed by atoms with Gasteiger partial charge in [0.1, 0.15) is 0 Å². The third-order valence-corrected chi connectivity index (χ3v) is 17.3. The Kier molecular flexibility index (Phi) is 17.3. The SMILES string of the molecule is C1CCC([PH+](C2CCCCC2)C2CCCCC2)CC1.CC(C)(C)C=[C]=[Ru]([Cl])[Cl].Cc1cc(C)c(N2C=CN(c3c(C)cc(C)cc3C)[CH-]2)c(C)c1. The van der Waals surface area contributed by atoms with Gasteiger partial charge in [0, 0.05) is 19.3 Å². The van der Waals surface area contributed by atoms with Crippen LogP contribution in [0, 0.1) is 53.6 Å². The van der Waals surface area contributed by atoms with Gasteiger partial charge in [-0.2, -0.15) is 0 Å². The van der Waals surface area contributed by atoms with Gasteiger partial charge in [0.2, 0.25) is 0 Å². The average Bonchev–Trinajstić information content (AvgIpc) is 3.54. The Hall–Kier alpha value is -0.937. The molecule has 0 atom stereocenters. The molecule has 3 saturated carbocycles. The van der Waals surface area contributed by atoms with Crippen molar-refractivity contribution in [2.45, 2.75) is 176 Å². The van der Waals surface area contributed by atoms with E-state index in [1.165, 1.54) is 61.7 Å². The Morgan fingerprint density at radius 1 is 0.608 bits per heavy atom. The molecule has 2 aromatic carbocycles. The third-order valence-electron chi connectivity index (χ3n) is 11.2. The van der Waals surface area contributed by atoms with Gasteiger partial charge in [-0.1, -0.05) is 54.7 Å². The molecule has 0 unspecified atom stereocenters. The molecule has 0 aromatic heterocycles. The minimum absolute atomic E-state index is 0.0465. The number of hydrogen-bond acceptors (Lipinski definition) is 2. The Morgan fingerprint density at radius 3 is 1.18 bits per heavy atom. The summed E-state index contributed by atoms with van der Waals surface area (Å²) < 4.78 is 2.93. The second kappa shape index (κ2) is 20.7. The van der Waals surface area contributed by atoms with Gasteiger partial charge in [0.05, 0.1) is 17.0 Å². The van der Waals surface area contributed by atoms with E-state index in [1.54, 1.807) is 96.3 Å². The number of allylic oxidation sites excluding steroid dienone is 1. The van der Waals surface area contributed by atoms with Crippen molar-refractivity contribution in [2.75, 3.05) is 9.80 Å². The van der Waals surface area contributed by atoms with Crippen molar-refractivity contribution in [1.29, 1.82) is 0 Å². The van der Waals surface area contributed by atoms with Crippen molar-refractivity contribution < 1.29 is 13.5 Å². The molecule has 51 heavy (non-hydrogen) atoms. The smallest absolute Gasteiger partial charge is 0.0184 e. The second-order valence-corrected chi connectivity index (χ2v) is 25.9. The van der Waals surface area contributed by atoms with E-state index < -0.39 is 13.5 Å². The van der Waals surface area contributed by atoms with Crippen LogP contribution in [0.4, 0.5) is 11.4 Å². The maximum absolute atomic E-state index is 5.55. The van der Waals surface area contributed by atoms with E-state index in [9.17, 15) is 0 Å². The van der Waals surface area contributed by atoms with Crippen LogP contribution >= 0.6 is 27.3 Å². The summed E-state index contributed by atoms with van der Waals surface area (Å²) in [6.07, 6.45) is 30.0. The number of hydrogen-bond donors (Lipinski definition) is 0. The van der Waals surface area contributed by atoms with Crippen LogP contribution in [0.2, 0.25) is 0 Å². The van der Waals surface area contributed by atoms with E-state index >= 15 is 0 Å². The van der Waals surface area contributed by atoms with E-state index in [4.69, 9.17) is 19.4 Å². The first-order valence-electron chi connectivity index (χ1n) is 20.0. The Balaban J connectivity index is 0.000000188. The standard InChI is InChI=1S/C21H25N2.C18H33P.C6H10.2ClH.Ru/c1-14-9-16(3)20(17(4)10-14)22-7-8-23(13-22)21-18(5)11-15(2)12-19(21)6;1-4-10-16(11-5-1)19(17-12-6-2-7-13-17)18-14-8-3-9-15-18;1-5-6(2,3)4;;;/h7-13H,1-6H3;16-18H,1-15H2;5H,2-4H3;2*1H;/q-1;;;;;+2/p-1. The molecule has 0 spiro atoms. The van der Waals surface area contributed by atoms with Gasteiger partial charge in [0.25, 0.3) is 0 Å². The molecular formula is C45H69Cl2N2PRu. The minimum Gasteiger partial charge on any atom is -0.479 e. The van der Waals surface area contributed by atoms with Crippen molar-refractivity contribution >= 4 is 42.9 Å². The summed E-state index contributed by atoms with van der Waals surface area (Å²) in [7, 11) is 11.1. The van der Waals surface area contributed by atoms with Gasteiger partial charge < -0.3 is 9.80 Å². The quantitative estimate of drug-likeness (QED) is 0.168. The first kappa shape index (κ1) is 42.8. The number of halogens is 2. The van der Waals surface area contributed by atoms with E-state index in [2.05, 4.69) is 120 Å². The molecule has 6 rings (SSSR count). The molecular weight excluding hydrogens is 771 g/mol. The molecule has 0 radical (unpaired) electrons. The molecule has 0 N–H and O–H groups in total. The molecule has 286 valence electrons. The Bertz CT molecular complexity index is 1340. The van der Waals surface area contributed by atoms with Gasteiger partial charge in [0.15, 0.2) is 0 Å². The molecule has 2 nitrogen and oxygen atoms in total. The van der Waals surface area contributed by atoms with Crippen molar-refractivity contribution in [1.82, 2.24) is 0 Å². The average molecular weight is 841 g/mol. The maximum Gasteiger partial charge on any atom is 0.0184 e. The fourth-order valence-corrected chi connectivity index (χ4v) is 15.9. The molecule has 6 heteroatoms. The topological polar surface area (TPSA) is 6.48 Å². The summed E-state index contributed by atoms with van der Waals surface area (Å²) in [6, 6.07) is 8.98. The normalized spacial score (nSPS) is 19.3. The molecule has 0 amide bonds. The van der Waals surface area contributed by atoms with Crippen LogP contribution in [0.25, 0.3) is 0 Å². The third kappa shape index (κ3) is 13.4. The van der Waals surface area contributed by atoms with Crippen LogP contribution in [0.1, 0.15) is 150 Å². The molecule has 2 aromatic rings. The second-order valence-electron chi connectivity index (χ2n) is 17.0. The van der Waals surface area contributed by atoms with E-state index in [0.717, 1.165) is 0 Å². The fraction of sp³-hybridized carbons (Fsp3) is 0.622. The predicted molar refractivity (Wildman–Crippen MR) is 229 cm³/mol. The molecule has 1 aliphatic heterocycles. The van der Waals surface area contributed by atoms with Crippen LogP contribution in [-0.2, 0) is 13.5 Å². The van der Waals surface area contributed by atoms with Crippen LogP contribution in [0.15, 0.2) is 42.7 Å². The van der Waals surface area contributed by atoms with Crippen LogP contribution in [0.5, 0.6) is 0 Å². The van der Waals surface area contributed by atoms with Crippen LogP contribution in [0.3, 0.4) is 0 Å². The van der Waals surface area contributed by atoms with Crippen LogP contribution in [-0.4, -0.2) is 21.2 Å². The monoisotopic (exact) mass is 840 g/mol. The summed E-state index contributed by atoms with van der Waals surface area (Å²) in [5, 5.41) is 0. The first-order valence-corrected chi connectivity index (χ1v) is 27.0. The van der Waals surface area contributed by atoms with Gasteiger partial charge in [-0.05, 0) is 153 Å². The first-order chi connectivity index (χ1) is 24.2. The predicted octanol–water partition coefficient (Wildman–Crippen LogP) is 14.6. The van der Waals surface area contributed by atoms with Crippen molar-refractivity contribution in [3.05, 3.63) is 82.8 Å². The van der Waals surface area contributed by atoms with Gasteiger partial charge in [-0.25, -0.2) is 0 Å². The maximum atomic E-state index is 5.55. The zero-order valence-corrected chi connectivity index (χ0v) is 37.7. The van der Waals surface area contributed by atoms with Gasteiger partial charge in [-0.15, -0.1) is 6.67 Å². The summed E-state index contributed by atoms with van der Waals surface area (Å²) in [5.74, 6) is 0. The molecule has 3 fully saturated rings. The summed E-state index contributed by atoms with van der Waals surface area (Å²) in [6.45, 7) is 21.5. The van der Waals surface area contributed by atoms with Crippen molar-refractivity contribution in [3.63, 3.8) is 0 Å². The Labute approximate surface area is 328 Å². The zero-order valence-electron chi connectivity index (χ0n) is 33.5. The largest absolute Gasteiger partial charge is 0.479 e. The number of nitrogens with zero attached hydrogens (tertiary/aromatic N) is 2. The van der Waals surface area contributed by atoms with E-state index in [-0.39, 0.29) is 13.3 Å².